The van der Waals surface area contributed by atoms with Gasteiger partial charge in [-0.15, -0.1) is 0 Å². The van der Waals surface area contributed by atoms with Crippen molar-refractivity contribution >= 4 is 11.5 Å². The lowest BCUT2D eigenvalue weighted by Gasteiger charge is -2.06. The molecule has 0 radical (unpaired) electrons. The first-order chi connectivity index (χ1) is 7.33. The fourth-order valence-corrected chi connectivity index (χ4v) is 1.21. The Balaban J connectivity index is 2.10. The van der Waals surface area contributed by atoms with E-state index in [1.807, 2.05) is 12.1 Å². The van der Waals surface area contributed by atoms with E-state index >= 15 is 0 Å². The molecule has 0 saturated carbocycles. The number of hydrogen-bond acceptors (Lipinski definition) is 4. The maximum atomic E-state index is 5.55. The number of nitrogen functional groups attached to an aromatic ring is 1. The SMILES string of the molecule is CCCOCCCNc1ccnc(N)c1. The van der Waals surface area contributed by atoms with Crippen LogP contribution in [-0.4, -0.2) is 24.7 Å². The second-order valence-electron chi connectivity index (χ2n) is 3.36. The van der Waals surface area contributed by atoms with E-state index in [4.69, 9.17) is 10.5 Å². The second-order valence-corrected chi connectivity index (χ2v) is 3.36. The van der Waals surface area contributed by atoms with Gasteiger partial charge in [0.2, 0.25) is 0 Å². The van der Waals surface area contributed by atoms with E-state index < -0.39 is 0 Å². The molecule has 0 aliphatic heterocycles. The summed E-state index contributed by atoms with van der Waals surface area (Å²) in [5.74, 6) is 0.544. The number of nitrogens with two attached hydrogens (primary N) is 1. The van der Waals surface area contributed by atoms with Crippen molar-refractivity contribution in [2.45, 2.75) is 19.8 Å². The Labute approximate surface area is 90.8 Å². The third-order valence-electron chi connectivity index (χ3n) is 1.92. The number of pyridine rings is 1. The summed E-state index contributed by atoms with van der Waals surface area (Å²) in [6, 6.07) is 3.73. The monoisotopic (exact) mass is 209 g/mol. The van der Waals surface area contributed by atoms with Crippen LogP contribution in [0.2, 0.25) is 0 Å². The lowest BCUT2D eigenvalue weighted by Crippen LogP contribution is -2.06. The van der Waals surface area contributed by atoms with Crippen LogP contribution in [0.25, 0.3) is 0 Å². The summed E-state index contributed by atoms with van der Waals surface area (Å²) in [6.07, 6.45) is 3.78. The molecule has 0 saturated heterocycles. The van der Waals surface area contributed by atoms with Crippen molar-refractivity contribution in [3.05, 3.63) is 18.3 Å². The zero-order valence-corrected chi connectivity index (χ0v) is 9.20. The van der Waals surface area contributed by atoms with Gasteiger partial charge in [-0.3, -0.25) is 0 Å². The van der Waals surface area contributed by atoms with E-state index in [1.165, 1.54) is 0 Å². The average Bonchev–Trinajstić information content (AvgIpc) is 2.23. The van der Waals surface area contributed by atoms with Crippen LogP contribution < -0.4 is 11.1 Å². The van der Waals surface area contributed by atoms with Gasteiger partial charge in [0.25, 0.3) is 0 Å². The van der Waals surface area contributed by atoms with E-state index in [1.54, 1.807) is 6.20 Å². The van der Waals surface area contributed by atoms with Gasteiger partial charge in [-0.1, -0.05) is 6.92 Å². The van der Waals surface area contributed by atoms with Crippen LogP contribution in [0.4, 0.5) is 11.5 Å². The average molecular weight is 209 g/mol. The molecule has 0 atom stereocenters. The maximum absolute atomic E-state index is 5.55. The van der Waals surface area contributed by atoms with Crippen LogP contribution in [0, 0.1) is 0 Å². The first-order valence-electron chi connectivity index (χ1n) is 5.36. The largest absolute Gasteiger partial charge is 0.385 e. The predicted molar refractivity (Wildman–Crippen MR) is 62.9 cm³/mol. The molecule has 0 fully saturated rings. The molecule has 3 N–H and O–H groups in total. The van der Waals surface area contributed by atoms with Gasteiger partial charge in [-0.25, -0.2) is 4.98 Å². The van der Waals surface area contributed by atoms with Crippen molar-refractivity contribution < 1.29 is 4.74 Å². The Kier molecular flexibility index (Phi) is 5.55. The molecule has 0 unspecified atom stereocenters. The lowest BCUT2D eigenvalue weighted by molar-refractivity contribution is 0.134. The van der Waals surface area contributed by atoms with Crippen LogP contribution >= 0.6 is 0 Å². The molecule has 1 heterocycles. The van der Waals surface area contributed by atoms with Crippen LogP contribution in [0.15, 0.2) is 18.3 Å². The third kappa shape index (κ3) is 5.22. The quantitative estimate of drug-likeness (QED) is 0.673. The number of hydrogen-bond donors (Lipinski definition) is 2. The summed E-state index contributed by atoms with van der Waals surface area (Å²) < 4.78 is 5.37. The van der Waals surface area contributed by atoms with Gasteiger partial charge in [-0.2, -0.15) is 0 Å². The Morgan fingerprint density at radius 2 is 2.33 bits per heavy atom. The molecule has 84 valence electrons. The number of nitrogens with one attached hydrogen (secondary N) is 1. The van der Waals surface area contributed by atoms with Gasteiger partial charge in [-0.05, 0) is 18.9 Å². The second kappa shape index (κ2) is 7.06. The summed E-state index contributed by atoms with van der Waals surface area (Å²) in [6.45, 7) is 4.66. The normalized spacial score (nSPS) is 10.2. The molecule has 4 nitrogen and oxygen atoms in total. The molecule has 0 spiro atoms. The zero-order valence-electron chi connectivity index (χ0n) is 9.20. The summed E-state index contributed by atoms with van der Waals surface area (Å²) in [4.78, 5) is 3.92. The topological polar surface area (TPSA) is 60.2 Å². The Bertz CT molecular complexity index is 278. The molecular weight excluding hydrogens is 190 g/mol. The van der Waals surface area contributed by atoms with E-state index in [0.717, 1.165) is 38.3 Å². The van der Waals surface area contributed by atoms with Gasteiger partial charge >= 0.3 is 0 Å². The highest BCUT2D eigenvalue weighted by atomic mass is 16.5. The van der Waals surface area contributed by atoms with Crippen LogP contribution in [0.5, 0.6) is 0 Å². The van der Waals surface area contributed by atoms with Gasteiger partial charge in [0, 0.05) is 37.7 Å². The minimum absolute atomic E-state index is 0.544. The fraction of sp³-hybridized carbons (Fsp3) is 0.545. The van der Waals surface area contributed by atoms with Crippen molar-refractivity contribution in [3.8, 4) is 0 Å². The van der Waals surface area contributed by atoms with Crippen LogP contribution in [0.3, 0.4) is 0 Å². The molecule has 0 aliphatic rings. The molecular formula is C11H19N3O. The standard InChI is InChI=1S/C11H19N3O/c1-2-7-15-8-3-5-13-10-4-6-14-11(12)9-10/h4,6,9H,2-3,5,7-8H2,1H3,(H3,12,13,14). The summed E-state index contributed by atoms with van der Waals surface area (Å²) >= 11 is 0. The van der Waals surface area contributed by atoms with Gasteiger partial charge in [0.15, 0.2) is 0 Å². The maximum Gasteiger partial charge on any atom is 0.125 e. The molecule has 1 rings (SSSR count). The Hall–Kier alpha value is -1.29. The minimum atomic E-state index is 0.544. The van der Waals surface area contributed by atoms with Crippen LogP contribution in [-0.2, 0) is 4.74 Å². The molecule has 4 heteroatoms. The van der Waals surface area contributed by atoms with Crippen molar-refractivity contribution in [1.82, 2.24) is 4.98 Å². The van der Waals surface area contributed by atoms with Gasteiger partial charge in [0.05, 0.1) is 0 Å². The first kappa shape index (κ1) is 11.8. The third-order valence-corrected chi connectivity index (χ3v) is 1.92. The molecule has 1 aromatic heterocycles. The first-order valence-corrected chi connectivity index (χ1v) is 5.36. The summed E-state index contributed by atoms with van der Waals surface area (Å²) in [7, 11) is 0. The minimum Gasteiger partial charge on any atom is -0.385 e. The molecule has 0 aromatic carbocycles. The van der Waals surface area contributed by atoms with Crippen molar-refractivity contribution in [2.24, 2.45) is 0 Å². The molecule has 0 bridgehead atoms. The predicted octanol–water partition coefficient (Wildman–Crippen LogP) is 1.89. The molecule has 0 amide bonds. The number of rotatable bonds is 7. The Morgan fingerprint density at radius 3 is 3.07 bits per heavy atom. The fourth-order valence-electron chi connectivity index (χ4n) is 1.21. The van der Waals surface area contributed by atoms with Crippen molar-refractivity contribution in [1.29, 1.82) is 0 Å². The zero-order chi connectivity index (χ0) is 10.9. The molecule has 1 aromatic rings. The number of aromatic nitrogens is 1. The molecule has 0 aliphatic carbocycles. The van der Waals surface area contributed by atoms with Crippen molar-refractivity contribution in [3.63, 3.8) is 0 Å². The Morgan fingerprint density at radius 1 is 1.47 bits per heavy atom. The highest BCUT2D eigenvalue weighted by Gasteiger charge is 1.93. The number of nitrogens with zero attached hydrogens (tertiary/aromatic N) is 1. The highest BCUT2D eigenvalue weighted by Crippen LogP contribution is 2.08. The number of ether oxygens (including phenoxy) is 1. The summed E-state index contributed by atoms with van der Waals surface area (Å²) in [5.41, 5.74) is 6.56. The highest BCUT2D eigenvalue weighted by molar-refractivity contribution is 5.49. The number of anilines is 2. The van der Waals surface area contributed by atoms with Gasteiger partial charge < -0.3 is 15.8 Å². The van der Waals surface area contributed by atoms with E-state index in [2.05, 4.69) is 17.2 Å². The smallest absolute Gasteiger partial charge is 0.125 e. The van der Waals surface area contributed by atoms with E-state index in [0.29, 0.717) is 5.82 Å². The van der Waals surface area contributed by atoms with E-state index in [9.17, 15) is 0 Å². The van der Waals surface area contributed by atoms with Gasteiger partial charge in [0.1, 0.15) is 5.82 Å². The summed E-state index contributed by atoms with van der Waals surface area (Å²) in [5, 5.41) is 3.26. The van der Waals surface area contributed by atoms with Crippen molar-refractivity contribution in [2.75, 3.05) is 30.8 Å². The molecule has 15 heavy (non-hydrogen) atoms. The van der Waals surface area contributed by atoms with E-state index in [-0.39, 0.29) is 0 Å². The lowest BCUT2D eigenvalue weighted by atomic mass is 10.3. The van der Waals surface area contributed by atoms with Crippen LogP contribution in [0.1, 0.15) is 19.8 Å².